The van der Waals surface area contributed by atoms with Gasteiger partial charge in [-0.2, -0.15) is 5.10 Å². The van der Waals surface area contributed by atoms with E-state index >= 15 is 0 Å². The highest BCUT2D eigenvalue weighted by molar-refractivity contribution is 6.07. The van der Waals surface area contributed by atoms with Gasteiger partial charge in [0.25, 0.3) is 5.91 Å². The fourth-order valence-electron chi connectivity index (χ4n) is 4.58. The number of carbonyl (C=O) groups is 3. The number of benzene rings is 1. The molecule has 2 fully saturated rings. The zero-order valence-corrected chi connectivity index (χ0v) is 17.7. The molecule has 8 nitrogen and oxygen atoms in total. The van der Waals surface area contributed by atoms with Gasteiger partial charge in [-0.15, -0.1) is 0 Å². The summed E-state index contributed by atoms with van der Waals surface area (Å²) in [7, 11) is 0. The topological polar surface area (TPSA) is 87.0 Å². The second kappa shape index (κ2) is 8.45. The third-order valence-corrected chi connectivity index (χ3v) is 6.36. The molecule has 0 unspecified atom stereocenters. The quantitative estimate of drug-likeness (QED) is 0.688. The number of nitrogens with one attached hydrogen (secondary N) is 1. The van der Waals surface area contributed by atoms with Crippen LogP contribution in [0.2, 0.25) is 0 Å². The Labute approximate surface area is 185 Å². The first kappa shape index (κ1) is 20.2. The van der Waals surface area contributed by atoms with Crippen LogP contribution in [0.1, 0.15) is 35.2 Å². The SMILES string of the molecule is O=C1CCN(c2cnn3ccc(CC4CCN(C(=O)c5ccccc5)CC4)cc23)C(=O)N1. The Bertz CT molecular complexity index is 1160. The summed E-state index contributed by atoms with van der Waals surface area (Å²) in [6, 6.07) is 13.2. The van der Waals surface area contributed by atoms with Crippen LogP contribution in [0.25, 0.3) is 5.52 Å². The fourth-order valence-corrected chi connectivity index (χ4v) is 4.58. The van der Waals surface area contributed by atoms with E-state index in [2.05, 4.69) is 22.5 Å². The van der Waals surface area contributed by atoms with Crippen LogP contribution >= 0.6 is 0 Å². The molecule has 0 radical (unpaired) electrons. The van der Waals surface area contributed by atoms with E-state index in [1.54, 1.807) is 15.6 Å². The highest BCUT2D eigenvalue weighted by atomic mass is 16.2. The summed E-state index contributed by atoms with van der Waals surface area (Å²) in [5.74, 6) is 0.354. The number of amides is 4. The lowest BCUT2D eigenvalue weighted by molar-refractivity contribution is -0.120. The van der Waals surface area contributed by atoms with Crippen LogP contribution in [0.4, 0.5) is 10.5 Å². The summed E-state index contributed by atoms with van der Waals surface area (Å²) in [5, 5.41) is 6.73. The Hall–Kier alpha value is -3.68. The highest BCUT2D eigenvalue weighted by Gasteiger charge is 2.27. The van der Waals surface area contributed by atoms with Gasteiger partial charge in [0.1, 0.15) is 0 Å². The van der Waals surface area contributed by atoms with Crippen molar-refractivity contribution in [2.24, 2.45) is 5.92 Å². The van der Waals surface area contributed by atoms with Gasteiger partial charge < -0.3 is 4.90 Å². The van der Waals surface area contributed by atoms with Crippen molar-refractivity contribution in [3.63, 3.8) is 0 Å². The monoisotopic (exact) mass is 431 g/mol. The van der Waals surface area contributed by atoms with Crippen molar-refractivity contribution in [2.75, 3.05) is 24.5 Å². The van der Waals surface area contributed by atoms with Crippen LogP contribution < -0.4 is 10.2 Å². The molecule has 1 aromatic carbocycles. The molecule has 32 heavy (non-hydrogen) atoms. The van der Waals surface area contributed by atoms with E-state index < -0.39 is 6.03 Å². The Morgan fingerprint density at radius 3 is 2.59 bits per heavy atom. The van der Waals surface area contributed by atoms with E-state index in [-0.39, 0.29) is 18.2 Å². The largest absolute Gasteiger partial charge is 0.339 e. The average molecular weight is 431 g/mol. The van der Waals surface area contributed by atoms with E-state index in [4.69, 9.17) is 0 Å². The van der Waals surface area contributed by atoms with Crippen LogP contribution in [0.15, 0.2) is 54.9 Å². The summed E-state index contributed by atoms with van der Waals surface area (Å²) >= 11 is 0. The number of hydrogen-bond donors (Lipinski definition) is 1. The van der Waals surface area contributed by atoms with Crippen molar-refractivity contribution in [2.45, 2.75) is 25.7 Å². The number of piperidine rings is 1. The molecule has 2 aliphatic rings. The van der Waals surface area contributed by atoms with Crippen LogP contribution in [0, 0.1) is 5.92 Å². The van der Waals surface area contributed by atoms with E-state index in [0.717, 1.165) is 43.4 Å². The standard InChI is InChI=1S/C24H25N5O3/c30-22-9-12-28(24(32)26-22)21-16-25-29-13-8-18(15-20(21)29)14-17-6-10-27(11-7-17)23(31)19-4-2-1-3-5-19/h1-5,8,13,15-17H,6-7,9-12,14H2,(H,26,30,32). The minimum atomic E-state index is -0.406. The Balaban J connectivity index is 1.26. The van der Waals surface area contributed by atoms with Gasteiger partial charge in [0.05, 0.1) is 17.4 Å². The van der Waals surface area contributed by atoms with Crippen molar-refractivity contribution in [1.82, 2.24) is 19.8 Å². The Morgan fingerprint density at radius 1 is 1.06 bits per heavy atom. The third-order valence-electron chi connectivity index (χ3n) is 6.36. The summed E-state index contributed by atoms with van der Waals surface area (Å²) in [4.78, 5) is 39.9. The second-order valence-corrected chi connectivity index (χ2v) is 8.46. The average Bonchev–Trinajstić information content (AvgIpc) is 3.23. The lowest BCUT2D eigenvalue weighted by Crippen LogP contribution is -2.49. The van der Waals surface area contributed by atoms with E-state index in [0.29, 0.717) is 18.2 Å². The van der Waals surface area contributed by atoms with Crippen LogP contribution in [-0.4, -0.2) is 52.0 Å². The zero-order valence-electron chi connectivity index (χ0n) is 17.7. The zero-order chi connectivity index (χ0) is 22.1. The van der Waals surface area contributed by atoms with Crippen LogP contribution in [-0.2, 0) is 11.2 Å². The minimum absolute atomic E-state index is 0.104. The molecular formula is C24H25N5O3. The number of imide groups is 1. The molecule has 2 aromatic heterocycles. The summed E-state index contributed by atoms with van der Waals surface area (Å²) < 4.78 is 1.75. The molecule has 0 spiro atoms. The maximum atomic E-state index is 12.7. The number of fused-ring (bicyclic) bond motifs is 1. The number of anilines is 1. The molecule has 0 saturated carbocycles. The van der Waals surface area contributed by atoms with Crippen molar-refractivity contribution in [1.29, 1.82) is 0 Å². The molecule has 1 N–H and O–H groups in total. The third kappa shape index (κ3) is 3.95. The number of carbonyl (C=O) groups excluding carboxylic acids is 3. The number of urea groups is 1. The van der Waals surface area contributed by atoms with Gasteiger partial charge in [0, 0.05) is 37.8 Å². The number of likely N-dealkylation sites (tertiary alicyclic amines) is 1. The summed E-state index contributed by atoms with van der Waals surface area (Å²) in [6.45, 7) is 1.88. The van der Waals surface area contributed by atoms with E-state index in [9.17, 15) is 14.4 Å². The molecule has 2 aliphatic heterocycles. The maximum absolute atomic E-state index is 12.7. The summed E-state index contributed by atoms with van der Waals surface area (Å²) in [6.07, 6.45) is 6.71. The highest BCUT2D eigenvalue weighted by Crippen LogP contribution is 2.27. The first-order valence-electron chi connectivity index (χ1n) is 11.0. The van der Waals surface area contributed by atoms with E-state index in [1.165, 1.54) is 5.56 Å². The molecule has 164 valence electrons. The smallest absolute Gasteiger partial charge is 0.328 e. The lowest BCUT2D eigenvalue weighted by atomic mass is 9.90. The van der Waals surface area contributed by atoms with Crippen molar-refractivity contribution in [3.8, 4) is 0 Å². The van der Waals surface area contributed by atoms with E-state index in [1.807, 2.05) is 41.4 Å². The number of nitrogens with zero attached hydrogens (tertiary/aromatic N) is 4. The van der Waals surface area contributed by atoms with Crippen LogP contribution in [0.5, 0.6) is 0 Å². The number of pyridine rings is 1. The van der Waals surface area contributed by atoms with Gasteiger partial charge in [-0.3, -0.25) is 19.8 Å². The van der Waals surface area contributed by atoms with Gasteiger partial charge in [0.2, 0.25) is 5.91 Å². The van der Waals surface area contributed by atoms with Crippen LogP contribution in [0.3, 0.4) is 0 Å². The van der Waals surface area contributed by atoms with Gasteiger partial charge >= 0.3 is 6.03 Å². The number of aromatic nitrogens is 2. The summed E-state index contributed by atoms with van der Waals surface area (Å²) in [5.41, 5.74) is 3.48. The number of rotatable bonds is 4. The molecule has 0 aliphatic carbocycles. The molecule has 4 heterocycles. The maximum Gasteiger partial charge on any atom is 0.328 e. The number of hydrogen-bond acceptors (Lipinski definition) is 4. The molecule has 4 amide bonds. The fraction of sp³-hybridized carbons (Fsp3) is 0.333. The predicted octanol–water partition coefficient (Wildman–Crippen LogP) is 2.88. The van der Waals surface area contributed by atoms with Gasteiger partial charge in [0.15, 0.2) is 0 Å². The normalized spacial score (nSPS) is 17.6. The predicted molar refractivity (Wildman–Crippen MR) is 119 cm³/mol. The molecule has 0 atom stereocenters. The van der Waals surface area contributed by atoms with Crippen molar-refractivity contribution >= 4 is 29.0 Å². The Kier molecular flexibility index (Phi) is 5.34. The molecule has 8 heteroatoms. The first-order chi connectivity index (χ1) is 15.6. The van der Waals surface area contributed by atoms with Gasteiger partial charge in [-0.25, -0.2) is 9.31 Å². The molecule has 5 rings (SSSR count). The van der Waals surface area contributed by atoms with Gasteiger partial charge in [-0.05, 0) is 55.0 Å². The minimum Gasteiger partial charge on any atom is -0.339 e. The molecule has 3 aromatic rings. The molecule has 2 saturated heterocycles. The lowest BCUT2D eigenvalue weighted by Gasteiger charge is -2.32. The van der Waals surface area contributed by atoms with Crippen molar-refractivity contribution < 1.29 is 14.4 Å². The van der Waals surface area contributed by atoms with Crippen molar-refractivity contribution in [3.05, 3.63) is 66.0 Å². The molecule has 0 bridgehead atoms. The molecular weight excluding hydrogens is 406 g/mol. The van der Waals surface area contributed by atoms with Gasteiger partial charge in [-0.1, -0.05) is 18.2 Å². The second-order valence-electron chi connectivity index (χ2n) is 8.46. The first-order valence-corrected chi connectivity index (χ1v) is 11.0. The Morgan fingerprint density at radius 2 is 1.84 bits per heavy atom.